The molecule has 0 unspecified atom stereocenters. The molecule has 184 valence electrons. The van der Waals surface area contributed by atoms with Gasteiger partial charge in [0, 0.05) is 27.8 Å². The molecule has 1 aliphatic heterocycles. The summed E-state index contributed by atoms with van der Waals surface area (Å²) in [5, 5.41) is 13.3. The van der Waals surface area contributed by atoms with Crippen LogP contribution >= 0.6 is 23.4 Å². The lowest BCUT2D eigenvalue weighted by Gasteiger charge is -2.14. The molecule has 0 bridgehead atoms. The highest BCUT2D eigenvalue weighted by atomic mass is 35.5. The maximum Gasteiger partial charge on any atom is 0.293 e. The average molecular weight is 531 g/mol. The number of nitrogens with zero attached hydrogens (tertiary/aromatic N) is 2. The van der Waals surface area contributed by atoms with Gasteiger partial charge < -0.3 is 4.74 Å². The molecular weight excluding hydrogens is 512 g/mol. The van der Waals surface area contributed by atoms with Gasteiger partial charge in [-0.1, -0.05) is 78.3 Å². The van der Waals surface area contributed by atoms with Crippen molar-refractivity contribution < 1.29 is 19.2 Å². The number of amides is 2. The summed E-state index contributed by atoms with van der Waals surface area (Å²) in [6, 6.07) is 24.9. The van der Waals surface area contributed by atoms with Crippen molar-refractivity contribution in [1.82, 2.24) is 4.90 Å². The van der Waals surface area contributed by atoms with Gasteiger partial charge in [0.05, 0.1) is 16.4 Å². The Morgan fingerprint density at radius 2 is 1.62 bits per heavy atom. The van der Waals surface area contributed by atoms with Gasteiger partial charge in [-0.3, -0.25) is 24.6 Å². The fourth-order valence-corrected chi connectivity index (χ4v) is 5.09. The SMILES string of the molecule is O=C1S/C(=C\c2c(OCc3ccccc3Cl)ccc3ccccc23)C(=O)N1Cc1ccccc1[N+](=O)[O-]. The first-order valence-corrected chi connectivity index (χ1v) is 12.5. The van der Waals surface area contributed by atoms with Crippen molar-refractivity contribution in [3.8, 4) is 5.75 Å². The summed E-state index contributed by atoms with van der Waals surface area (Å²) < 4.78 is 6.13. The van der Waals surface area contributed by atoms with Crippen LogP contribution in [0, 0.1) is 10.1 Å². The van der Waals surface area contributed by atoms with Crippen molar-refractivity contribution in [3.05, 3.63) is 122 Å². The van der Waals surface area contributed by atoms with Crippen LogP contribution in [0.25, 0.3) is 16.8 Å². The van der Waals surface area contributed by atoms with Crippen LogP contribution in [-0.4, -0.2) is 21.0 Å². The van der Waals surface area contributed by atoms with E-state index in [1.807, 2.05) is 54.6 Å². The van der Waals surface area contributed by atoms with Crippen molar-refractivity contribution >= 4 is 57.0 Å². The number of ether oxygens (including phenoxy) is 1. The van der Waals surface area contributed by atoms with Crippen molar-refractivity contribution in [2.24, 2.45) is 0 Å². The maximum absolute atomic E-state index is 13.3. The van der Waals surface area contributed by atoms with Crippen LogP contribution in [-0.2, 0) is 17.9 Å². The number of fused-ring (bicyclic) bond motifs is 1. The van der Waals surface area contributed by atoms with Gasteiger partial charge in [-0.05, 0) is 40.7 Å². The normalized spacial score (nSPS) is 14.5. The molecule has 9 heteroatoms. The Bertz CT molecular complexity index is 1590. The van der Waals surface area contributed by atoms with Crippen molar-refractivity contribution in [2.45, 2.75) is 13.2 Å². The summed E-state index contributed by atoms with van der Waals surface area (Å²) in [4.78, 5) is 38.1. The molecule has 1 aliphatic rings. The lowest BCUT2D eigenvalue weighted by molar-refractivity contribution is -0.385. The fourth-order valence-electron chi connectivity index (χ4n) is 4.08. The van der Waals surface area contributed by atoms with Crippen LogP contribution in [0.1, 0.15) is 16.7 Å². The van der Waals surface area contributed by atoms with Crippen LogP contribution < -0.4 is 4.74 Å². The first-order valence-electron chi connectivity index (χ1n) is 11.3. The molecule has 37 heavy (non-hydrogen) atoms. The topological polar surface area (TPSA) is 89.8 Å². The molecule has 0 aliphatic carbocycles. The molecule has 0 radical (unpaired) electrons. The lowest BCUT2D eigenvalue weighted by Crippen LogP contribution is -2.27. The first-order chi connectivity index (χ1) is 17.9. The Balaban J connectivity index is 1.49. The Morgan fingerprint density at radius 1 is 0.919 bits per heavy atom. The van der Waals surface area contributed by atoms with Crippen molar-refractivity contribution in [3.63, 3.8) is 0 Å². The Morgan fingerprint density at radius 3 is 2.41 bits per heavy atom. The third kappa shape index (κ3) is 5.07. The standard InChI is InChI=1S/C28H19ClN2O5S/c29-23-11-5-2-9-20(23)17-36-25-14-13-18-7-1-4-10-21(18)22(25)15-26-27(32)30(28(33)37-26)16-19-8-3-6-12-24(19)31(34)35/h1-15H,16-17H2/b26-15-. The number of hydrogen-bond acceptors (Lipinski definition) is 6. The summed E-state index contributed by atoms with van der Waals surface area (Å²) in [6.07, 6.45) is 1.65. The van der Waals surface area contributed by atoms with Crippen LogP contribution in [0.15, 0.2) is 89.8 Å². The molecule has 4 aromatic rings. The zero-order valence-electron chi connectivity index (χ0n) is 19.3. The smallest absolute Gasteiger partial charge is 0.293 e. The van der Waals surface area contributed by atoms with Crippen LogP contribution in [0.5, 0.6) is 5.75 Å². The van der Waals surface area contributed by atoms with E-state index in [1.165, 1.54) is 12.1 Å². The van der Waals surface area contributed by atoms with E-state index in [0.29, 0.717) is 16.3 Å². The number of nitro groups is 1. The summed E-state index contributed by atoms with van der Waals surface area (Å²) in [5.41, 5.74) is 1.61. The number of thioether (sulfide) groups is 1. The second-order valence-electron chi connectivity index (χ2n) is 8.23. The predicted octanol–water partition coefficient (Wildman–Crippen LogP) is 7.22. The van der Waals surface area contributed by atoms with Gasteiger partial charge >= 0.3 is 0 Å². The minimum Gasteiger partial charge on any atom is -0.488 e. The van der Waals surface area contributed by atoms with E-state index in [0.717, 1.165) is 33.0 Å². The lowest BCUT2D eigenvalue weighted by atomic mass is 10.0. The van der Waals surface area contributed by atoms with Crippen molar-refractivity contribution in [2.75, 3.05) is 0 Å². The average Bonchev–Trinajstić information content (AvgIpc) is 3.16. The van der Waals surface area contributed by atoms with Crippen LogP contribution in [0.3, 0.4) is 0 Å². The van der Waals surface area contributed by atoms with Gasteiger partial charge in [0.1, 0.15) is 12.4 Å². The molecule has 1 heterocycles. The highest BCUT2D eigenvalue weighted by molar-refractivity contribution is 8.18. The summed E-state index contributed by atoms with van der Waals surface area (Å²) >= 11 is 7.08. The highest BCUT2D eigenvalue weighted by Gasteiger charge is 2.36. The van der Waals surface area contributed by atoms with Gasteiger partial charge in [0.2, 0.25) is 0 Å². The summed E-state index contributed by atoms with van der Waals surface area (Å²) in [6.45, 7) is 0.0303. The molecule has 7 nitrogen and oxygen atoms in total. The molecular formula is C28H19ClN2O5S. The van der Waals surface area contributed by atoms with Gasteiger partial charge in [0.25, 0.3) is 16.8 Å². The molecule has 0 N–H and O–H groups in total. The number of carbonyl (C=O) groups is 2. The van der Waals surface area contributed by atoms with Crippen LogP contribution in [0.4, 0.5) is 10.5 Å². The largest absolute Gasteiger partial charge is 0.488 e. The molecule has 0 aromatic heterocycles. The van der Waals surface area contributed by atoms with E-state index in [-0.39, 0.29) is 29.3 Å². The minimum atomic E-state index is -0.525. The number of halogens is 1. The van der Waals surface area contributed by atoms with Crippen molar-refractivity contribution in [1.29, 1.82) is 0 Å². The number of rotatable bonds is 7. The molecule has 2 amide bonds. The van der Waals surface area contributed by atoms with Gasteiger partial charge in [0.15, 0.2) is 0 Å². The van der Waals surface area contributed by atoms with E-state index in [9.17, 15) is 19.7 Å². The zero-order chi connectivity index (χ0) is 25.9. The number of hydrogen-bond donors (Lipinski definition) is 0. The minimum absolute atomic E-state index is 0.144. The number of nitro benzene ring substituents is 1. The molecule has 1 saturated heterocycles. The molecule has 0 saturated carbocycles. The number of imide groups is 1. The van der Waals surface area contributed by atoms with Gasteiger partial charge in [-0.2, -0.15) is 0 Å². The third-order valence-corrected chi connectivity index (χ3v) is 7.21. The quantitative estimate of drug-likeness (QED) is 0.142. The van der Waals surface area contributed by atoms with E-state index >= 15 is 0 Å². The molecule has 0 spiro atoms. The molecule has 5 rings (SSSR count). The number of para-hydroxylation sites is 1. The van der Waals surface area contributed by atoms with Crippen LogP contribution in [0.2, 0.25) is 5.02 Å². The van der Waals surface area contributed by atoms with Gasteiger partial charge in [-0.15, -0.1) is 0 Å². The number of carbonyl (C=O) groups excluding carboxylic acids is 2. The molecule has 4 aromatic carbocycles. The first kappa shape index (κ1) is 24.5. The Kier molecular flexibility index (Phi) is 6.94. The predicted molar refractivity (Wildman–Crippen MR) is 144 cm³/mol. The Hall–Kier alpha value is -4.14. The van der Waals surface area contributed by atoms with Gasteiger partial charge in [-0.25, -0.2) is 0 Å². The monoisotopic (exact) mass is 530 g/mol. The second-order valence-corrected chi connectivity index (χ2v) is 9.63. The summed E-state index contributed by atoms with van der Waals surface area (Å²) in [7, 11) is 0. The highest BCUT2D eigenvalue weighted by Crippen LogP contribution is 2.38. The molecule has 0 atom stereocenters. The van der Waals surface area contributed by atoms with E-state index in [1.54, 1.807) is 24.3 Å². The fraction of sp³-hybridized carbons (Fsp3) is 0.0714. The molecule has 1 fully saturated rings. The maximum atomic E-state index is 13.3. The third-order valence-electron chi connectivity index (χ3n) is 5.94. The van der Waals surface area contributed by atoms with E-state index in [2.05, 4.69) is 0 Å². The zero-order valence-corrected chi connectivity index (χ0v) is 20.9. The number of benzene rings is 4. The Labute approximate surface area is 221 Å². The van der Waals surface area contributed by atoms with E-state index in [4.69, 9.17) is 16.3 Å². The summed E-state index contributed by atoms with van der Waals surface area (Å²) in [5.74, 6) is 0.0160. The second kappa shape index (κ2) is 10.5. The van der Waals surface area contributed by atoms with E-state index < -0.39 is 16.1 Å².